The molecule has 0 N–H and O–H groups in total. The summed E-state index contributed by atoms with van der Waals surface area (Å²) in [4.78, 5) is 23.9. The van der Waals surface area contributed by atoms with Gasteiger partial charge in [0, 0.05) is 25.6 Å². The molecule has 0 radical (unpaired) electrons. The largest absolute Gasteiger partial charge is 0.329 e. The van der Waals surface area contributed by atoms with Crippen LogP contribution in [-0.4, -0.2) is 42.1 Å². The van der Waals surface area contributed by atoms with Crippen molar-refractivity contribution in [2.75, 3.05) is 6.54 Å². The average molecular weight is 388 g/mol. The Bertz CT molecular complexity index is 1070. The molecule has 1 fully saturated rings. The quantitative estimate of drug-likeness (QED) is 0.643. The molecule has 2 aliphatic rings. The highest BCUT2D eigenvalue weighted by Gasteiger charge is 2.33. The van der Waals surface area contributed by atoms with Crippen LogP contribution in [-0.2, 0) is 17.8 Å². The molecule has 1 unspecified atom stereocenters. The van der Waals surface area contributed by atoms with Gasteiger partial charge in [-0.15, -0.1) is 10.2 Å². The molecule has 29 heavy (non-hydrogen) atoms. The van der Waals surface area contributed by atoms with Crippen LogP contribution < -0.4 is 0 Å². The molecule has 1 amide bonds. The van der Waals surface area contributed by atoms with E-state index >= 15 is 0 Å². The summed E-state index contributed by atoms with van der Waals surface area (Å²) in [5.41, 5.74) is 2.36. The number of aryl methyl sites for hydroxylation is 1. The van der Waals surface area contributed by atoms with E-state index in [1.165, 1.54) is 12.8 Å². The third-order valence-corrected chi connectivity index (χ3v) is 5.84. The Kier molecular flexibility index (Phi) is 4.79. The Balaban J connectivity index is 1.36. The Morgan fingerprint density at radius 2 is 1.93 bits per heavy atom. The van der Waals surface area contributed by atoms with Crippen molar-refractivity contribution < 1.29 is 4.79 Å². The lowest BCUT2D eigenvalue weighted by Crippen LogP contribution is -2.30. The van der Waals surface area contributed by atoms with Gasteiger partial charge in [-0.05, 0) is 43.9 Å². The number of rotatable bonds is 3. The summed E-state index contributed by atoms with van der Waals surface area (Å²) in [6, 6.07) is 7.74. The number of para-hydroxylation sites is 2. The van der Waals surface area contributed by atoms with Crippen molar-refractivity contribution in [1.82, 2.24) is 29.6 Å². The molecular formula is C22H24N6O. The number of amides is 1. The summed E-state index contributed by atoms with van der Waals surface area (Å²) in [5, 5.41) is 8.90. The van der Waals surface area contributed by atoms with E-state index in [1.54, 1.807) is 18.3 Å². The molecule has 0 spiro atoms. The smallest absolute Gasteiger partial charge is 0.247 e. The van der Waals surface area contributed by atoms with Crippen LogP contribution >= 0.6 is 0 Å². The van der Waals surface area contributed by atoms with Gasteiger partial charge in [-0.25, -0.2) is 4.98 Å². The molecule has 0 bridgehead atoms. The second-order valence-corrected chi connectivity index (χ2v) is 7.74. The first kappa shape index (κ1) is 18.0. The number of hydrogen-bond acceptors (Lipinski definition) is 5. The minimum Gasteiger partial charge on any atom is -0.329 e. The maximum atomic E-state index is 13.0. The van der Waals surface area contributed by atoms with Crippen LogP contribution in [0.2, 0.25) is 0 Å². The van der Waals surface area contributed by atoms with Crippen molar-refractivity contribution >= 4 is 23.0 Å². The number of benzene rings is 1. The van der Waals surface area contributed by atoms with E-state index in [0.717, 1.165) is 61.5 Å². The van der Waals surface area contributed by atoms with Gasteiger partial charge in [-0.3, -0.25) is 9.78 Å². The molecule has 2 aliphatic heterocycles. The third kappa shape index (κ3) is 3.52. The third-order valence-electron chi connectivity index (χ3n) is 5.84. The van der Waals surface area contributed by atoms with Crippen LogP contribution in [0.5, 0.6) is 0 Å². The second kappa shape index (κ2) is 7.73. The predicted octanol–water partition coefficient (Wildman–Crippen LogP) is 3.32. The standard InChI is InChI=1S/C22H24N6O/c29-21(12-11-16-15-23-17-7-3-4-8-18(17)24-16)27-14-6-9-19(27)22-26-25-20-10-2-1-5-13-28(20)22/h3-4,7-8,11-12,15,19H,1-2,5-6,9-10,13-14H2/b12-11+. The lowest BCUT2D eigenvalue weighted by Gasteiger charge is -2.23. The number of aromatic nitrogens is 5. The SMILES string of the molecule is O=C(/C=C/c1cnc2ccccc2n1)N1CCCC1c1nnc2n1CCCCC2. The van der Waals surface area contributed by atoms with Crippen molar-refractivity contribution in [1.29, 1.82) is 0 Å². The van der Waals surface area contributed by atoms with Crippen molar-refractivity contribution in [3.63, 3.8) is 0 Å². The minimum atomic E-state index is -0.00608. The van der Waals surface area contributed by atoms with Crippen molar-refractivity contribution in [2.24, 2.45) is 0 Å². The molecule has 7 heteroatoms. The fourth-order valence-corrected chi connectivity index (χ4v) is 4.36. The molecule has 1 aromatic carbocycles. The first-order chi connectivity index (χ1) is 14.3. The fraction of sp³-hybridized carbons (Fsp3) is 0.409. The van der Waals surface area contributed by atoms with Crippen molar-refractivity contribution in [3.05, 3.63) is 53.9 Å². The van der Waals surface area contributed by atoms with Crippen molar-refractivity contribution in [3.8, 4) is 0 Å². The minimum absolute atomic E-state index is 0.00608. The van der Waals surface area contributed by atoms with Crippen LogP contribution in [0.1, 0.15) is 55.5 Å². The van der Waals surface area contributed by atoms with Crippen LogP contribution in [0, 0.1) is 0 Å². The van der Waals surface area contributed by atoms with Gasteiger partial charge in [-0.2, -0.15) is 0 Å². The zero-order valence-electron chi connectivity index (χ0n) is 16.4. The molecule has 148 valence electrons. The predicted molar refractivity (Wildman–Crippen MR) is 110 cm³/mol. The molecule has 1 saturated heterocycles. The van der Waals surface area contributed by atoms with E-state index < -0.39 is 0 Å². The van der Waals surface area contributed by atoms with Gasteiger partial charge >= 0.3 is 0 Å². The lowest BCUT2D eigenvalue weighted by atomic mass is 10.2. The van der Waals surface area contributed by atoms with Crippen LogP contribution in [0.3, 0.4) is 0 Å². The summed E-state index contributed by atoms with van der Waals surface area (Å²) in [6.07, 6.45) is 11.5. The number of fused-ring (bicyclic) bond motifs is 2. The van der Waals surface area contributed by atoms with E-state index in [-0.39, 0.29) is 11.9 Å². The van der Waals surface area contributed by atoms with Crippen LogP contribution in [0.15, 0.2) is 36.5 Å². The van der Waals surface area contributed by atoms with Crippen LogP contribution in [0.4, 0.5) is 0 Å². The monoisotopic (exact) mass is 388 g/mol. The van der Waals surface area contributed by atoms with Gasteiger partial charge < -0.3 is 9.47 Å². The van der Waals surface area contributed by atoms with Gasteiger partial charge in [-0.1, -0.05) is 18.6 Å². The molecule has 3 aromatic rings. The average Bonchev–Trinajstić information content (AvgIpc) is 3.32. The highest BCUT2D eigenvalue weighted by molar-refractivity contribution is 5.92. The molecule has 7 nitrogen and oxygen atoms in total. The summed E-state index contributed by atoms with van der Waals surface area (Å²) in [7, 11) is 0. The summed E-state index contributed by atoms with van der Waals surface area (Å²) in [5.74, 6) is 2.01. The number of carbonyl (C=O) groups is 1. The second-order valence-electron chi connectivity index (χ2n) is 7.74. The van der Waals surface area contributed by atoms with Crippen molar-refractivity contribution in [2.45, 2.75) is 51.1 Å². The molecule has 0 aliphatic carbocycles. The Labute approximate surface area is 169 Å². The molecule has 1 atom stereocenters. The molecule has 2 aromatic heterocycles. The molecular weight excluding hydrogens is 364 g/mol. The number of nitrogens with zero attached hydrogens (tertiary/aromatic N) is 6. The Hall–Kier alpha value is -3.09. The fourth-order valence-electron chi connectivity index (χ4n) is 4.36. The van der Waals surface area contributed by atoms with Crippen LogP contribution in [0.25, 0.3) is 17.1 Å². The molecule has 0 saturated carbocycles. The van der Waals surface area contributed by atoms with Gasteiger partial charge in [0.15, 0.2) is 5.82 Å². The summed E-state index contributed by atoms with van der Waals surface area (Å²) in [6.45, 7) is 1.71. The Morgan fingerprint density at radius 1 is 1.03 bits per heavy atom. The number of hydrogen-bond donors (Lipinski definition) is 0. The topological polar surface area (TPSA) is 76.8 Å². The van der Waals surface area contributed by atoms with E-state index in [2.05, 4.69) is 24.7 Å². The van der Waals surface area contributed by atoms with Gasteiger partial charge in [0.25, 0.3) is 0 Å². The van der Waals surface area contributed by atoms with Gasteiger partial charge in [0.1, 0.15) is 5.82 Å². The van der Waals surface area contributed by atoms with Gasteiger partial charge in [0.05, 0.1) is 29.0 Å². The highest BCUT2D eigenvalue weighted by atomic mass is 16.2. The first-order valence-electron chi connectivity index (χ1n) is 10.4. The maximum Gasteiger partial charge on any atom is 0.247 e. The zero-order valence-corrected chi connectivity index (χ0v) is 16.4. The highest BCUT2D eigenvalue weighted by Crippen LogP contribution is 2.32. The lowest BCUT2D eigenvalue weighted by molar-refractivity contribution is -0.127. The molecule has 5 rings (SSSR count). The summed E-state index contributed by atoms with van der Waals surface area (Å²) >= 11 is 0. The van der Waals surface area contributed by atoms with E-state index in [0.29, 0.717) is 5.69 Å². The van der Waals surface area contributed by atoms with E-state index in [9.17, 15) is 4.79 Å². The maximum absolute atomic E-state index is 13.0. The Morgan fingerprint density at radius 3 is 2.86 bits per heavy atom. The normalized spacial score (nSPS) is 19.6. The van der Waals surface area contributed by atoms with E-state index in [1.807, 2.05) is 29.2 Å². The van der Waals surface area contributed by atoms with Gasteiger partial charge in [0.2, 0.25) is 5.91 Å². The number of likely N-dealkylation sites (tertiary alicyclic amines) is 1. The first-order valence-corrected chi connectivity index (χ1v) is 10.4. The zero-order chi connectivity index (χ0) is 19.6. The summed E-state index contributed by atoms with van der Waals surface area (Å²) < 4.78 is 2.25. The molecule has 4 heterocycles. The number of carbonyl (C=O) groups excluding carboxylic acids is 1. The van der Waals surface area contributed by atoms with E-state index in [4.69, 9.17) is 0 Å².